The van der Waals surface area contributed by atoms with Gasteiger partial charge in [0.05, 0.1) is 5.56 Å². The number of hydrogen-bond donors (Lipinski definition) is 0. The first-order valence-electron chi connectivity index (χ1n) is 6.29. The summed E-state index contributed by atoms with van der Waals surface area (Å²) in [7, 11) is 0. The number of benzene rings is 1. The lowest BCUT2D eigenvalue weighted by molar-refractivity contribution is 0.0505. The third-order valence-electron chi connectivity index (χ3n) is 3.61. The summed E-state index contributed by atoms with van der Waals surface area (Å²) in [5.41, 5.74) is -0.171. The largest absolute Gasteiger partial charge is 0.333 e. The van der Waals surface area contributed by atoms with E-state index in [4.69, 9.17) is 0 Å². The Morgan fingerprint density at radius 2 is 1.83 bits per heavy atom. The van der Waals surface area contributed by atoms with Crippen LogP contribution in [-0.2, 0) is 0 Å². The molecule has 0 spiro atoms. The molecule has 0 saturated carbocycles. The number of rotatable bonds is 1. The van der Waals surface area contributed by atoms with Crippen LogP contribution in [0.3, 0.4) is 0 Å². The van der Waals surface area contributed by atoms with Crippen molar-refractivity contribution >= 4 is 5.91 Å². The molecule has 1 saturated heterocycles. The minimum atomic E-state index is -1.05. The molecule has 0 bridgehead atoms. The summed E-state index contributed by atoms with van der Waals surface area (Å²) >= 11 is 0. The van der Waals surface area contributed by atoms with Crippen molar-refractivity contribution < 1.29 is 13.6 Å². The molecule has 1 amide bonds. The lowest BCUT2D eigenvalue weighted by Crippen LogP contribution is -2.47. The Labute approximate surface area is 106 Å². The van der Waals surface area contributed by atoms with E-state index in [-0.39, 0.29) is 17.6 Å². The maximum Gasteiger partial charge on any atom is 0.257 e. The third kappa shape index (κ3) is 2.24. The molecule has 0 unspecified atom stereocenters. The van der Waals surface area contributed by atoms with Gasteiger partial charge >= 0.3 is 0 Å². The second-order valence-electron chi connectivity index (χ2n) is 4.94. The number of likely N-dealkylation sites (tertiary alicyclic amines) is 1. The van der Waals surface area contributed by atoms with Crippen molar-refractivity contribution in [2.45, 2.75) is 45.2 Å². The van der Waals surface area contributed by atoms with Crippen molar-refractivity contribution in [2.24, 2.45) is 0 Å². The van der Waals surface area contributed by atoms with Gasteiger partial charge < -0.3 is 4.90 Å². The Hall–Kier alpha value is -1.45. The van der Waals surface area contributed by atoms with Crippen LogP contribution in [-0.4, -0.2) is 22.9 Å². The molecule has 98 valence electrons. The van der Waals surface area contributed by atoms with E-state index >= 15 is 0 Å². The van der Waals surface area contributed by atoms with E-state index in [9.17, 15) is 13.6 Å². The summed E-state index contributed by atoms with van der Waals surface area (Å²) in [6, 6.07) is 3.88. The zero-order chi connectivity index (χ0) is 13.3. The van der Waals surface area contributed by atoms with Gasteiger partial charge in [0.15, 0.2) is 11.6 Å². The van der Waals surface area contributed by atoms with Crippen LogP contribution in [0.4, 0.5) is 8.78 Å². The highest BCUT2D eigenvalue weighted by Crippen LogP contribution is 2.25. The average Bonchev–Trinajstić information content (AvgIpc) is 2.32. The molecule has 1 aliphatic rings. The second kappa shape index (κ2) is 5.04. The van der Waals surface area contributed by atoms with Crippen LogP contribution in [0.1, 0.15) is 43.5 Å². The number of amides is 1. The predicted molar refractivity (Wildman–Crippen MR) is 65.3 cm³/mol. The highest BCUT2D eigenvalue weighted by atomic mass is 19.2. The Kier molecular flexibility index (Phi) is 3.64. The highest BCUT2D eigenvalue weighted by molar-refractivity contribution is 5.95. The maximum atomic E-state index is 13.6. The van der Waals surface area contributed by atoms with E-state index in [2.05, 4.69) is 0 Å². The number of hydrogen-bond acceptors (Lipinski definition) is 1. The van der Waals surface area contributed by atoms with Crippen LogP contribution in [0.5, 0.6) is 0 Å². The monoisotopic (exact) mass is 253 g/mol. The zero-order valence-corrected chi connectivity index (χ0v) is 10.6. The van der Waals surface area contributed by atoms with Gasteiger partial charge in [-0.05, 0) is 45.2 Å². The van der Waals surface area contributed by atoms with E-state index in [1.54, 1.807) is 4.90 Å². The first-order chi connectivity index (χ1) is 8.52. The van der Waals surface area contributed by atoms with Gasteiger partial charge in [-0.3, -0.25) is 4.79 Å². The molecule has 1 heterocycles. The molecule has 2 rings (SSSR count). The van der Waals surface area contributed by atoms with Crippen LogP contribution in [0.15, 0.2) is 18.2 Å². The van der Waals surface area contributed by atoms with Crippen molar-refractivity contribution in [3.05, 3.63) is 35.4 Å². The Morgan fingerprint density at radius 1 is 1.22 bits per heavy atom. The molecule has 0 radical (unpaired) electrons. The van der Waals surface area contributed by atoms with Gasteiger partial charge in [-0.2, -0.15) is 0 Å². The van der Waals surface area contributed by atoms with E-state index in [1.807, 2.05) is 13.8 Å². The smallest absolute Gasteiger partial charge is 0.257 e. The first kappa shape index (κ1) is 13.0. The minimum Gasteiger partial charge on any atom is -0.333 e. The molecule has 2 nitrogen and oxygen atoms in total. The summed E-state index contributed by atoms with van der Waals surface area (Å²) < 4.78 is 26.8. The number of carbonyl (C=O) groups excluding carboxylic acids is 1. The van der Waals surface area contributed by atoms with Crippen LogP contribution >= 0.6 is 0 Å². The molecular weight excluding hydrogens is 236 g/mol. The minimum absolute atomic E-state index is 0.0731. The third-order valence-corrected chi connectivity index (χ3v) is 3.61. The average molecular weight is 253 g/mol. The van der Waals surface area contributed by atoms with Gasteiger partial charge in [-0.15, -0.1) is 0 Å². The molecule has 0 N–H and O–H groups in total. The van der Waals surface area contributed by atoms with Crippen molar-refractivity contribution in [3.8, 4) is 0 Å². The molecule has 1 aromatic rings. The van der Waals surface area contributed by atoms with Crippen LogP contribution in [0, 0.1) is 11.6 Å². The fourth-order valence-electron chi connectivity index (χ4n) is 2.63. The fraction of sp³-hybridized carbons (Fsp3) is 0.500. The lowest BCUT2D eigenvalue weighted by Gasteiger charge is -2.39. The van der Waals surface area contributed by atoms with Crippen molar-refractivity contribution in [1.82, 2.24) is 4.90 Å². The summed E-state index contributed by atoms with van der Waals surface area (Å²) in [6.45, 7) is 3.90. The first-order valence-corrected chi connectivity index (χ1v) is 6.29. The normalized spacial score (nSPS) is 24.1. The van der Waals surface area contributed by atoms with Gasteiger partial charge in [-0.1, -0.05) is 6.07 Å². The summed E-state index contributed by atoms with van der Waals surface area (Å²) in [5.74, 6) is -2.43. The topological polar surface area (TPSA) is 20.3 Å². The van der Waals surface area contributed by atoms with Crippen LogP contribution in [0.2, 0.25) is 0 Å². The molecule has 18 heavy (non-hydrogen) atoms. The second-order valence-corrected chi connectivity index (χ2v) is 4.94. The summed E-state index contributed by atoms with van der Waals surface area (Å²) in [5, 5.41) is 0. The maximum absolute atomic E-state index is 13.6. The SMILES string of the molecule is C[C@H]1CCC[C@H](C)N1C(=O)c1cccc(F)c1F. The fourth-order valence-corrected chi connectivity index (χ4v) is 2.63. The number of piperidine rings is 1. The van der Waals surface area contributed by atoms with Crippen molar-refractivity contribution in [3.63, 3.8) is 0 Å². The number of carbonyl (C=O) groups is 1. The Bertz CT molecular complexity index is 451. The van der Waals surface area contributed by atoms with Crippen LogP contribution in [0.25, 0.3) is 0 Å². The molecule has 1 aromatic carbocycles. The van der Waals surface area contributed by atoms with Crippen molar-refractivity contribution in [1.29, 1.82) is 0 Å². The summed E-state index contributed by atoms with van der Waals surface area (Å²) in [4.78, 5) is 14.0. The Balaban J connectivity index is 2.32. The van der Waals surface area contributed by atoms with E-state index in [0.717, 1.165) is 25.3 Å². The van der Waals surface area contributed by atoms with Crippen molar-refractivity contribution in [2.75, 3.05) is 0 Å². The highest BCUT2D eigenvalue weighted by Gasteiger charge is 2.31. The lowest BCUT2D eigenvalue weighted by atomic mass is 9.96. The number of halogens is 2. The van der Waals surface area contributed by atoms with Gasteiger partial charge in [-0.25, -0.2) is 8.78 Å². The quantitative estimate of drug-likeness (QED) is 0.751. The van der Waals surface area contributed by atoms with Crippen LogP contribution < -0.4 is 0 Å². The van der Waals surface area contributed by atoms with Gasteiger partial charge in [0.25, 0.3) is 5.91 Å². The van der Waals surface area contributed by atoms with Gasteiger partial charge in [0.2, 0.25) is 0 Å². The standard InChI is InChI=1S/C14H17F2NO/c1-9-5-3-6-10(2)17(9)14(18)11-7-4-8-12(15)13(11)16/h4,7-10H,3,5-6H2,1-2H3/t9-,10-/m0/s1. The number of nitrogens with zero attached hydrogens (tertiary/aromatic N) is 1. The van der Waals surface area contributed by atoms with Gasteiger partial charge in [0.1, 0.15) is 0 Å². The van der Waals surface area contributed by atoms with Gasteiger partial charge in [0, 0.05) is 12.1 Å². The summed E-state index contributed by atoms with van der Waals surface area (Å²) in [6.07, 6.45) is 2.89. The molecule has 1 aliphatic heterocycles. The Morgan fingerprint density at radius 3 is 2.44 bits per heavy atom. The van der Waals surface area contributed by atoms with E-state index < -0.39 is 17.5 Å². The molecular formula is C14H17F2NO. The van der Waals surface area contributed by atoms with E-state index in [1.165, 1.54) is 12.1 Å². The van der Waals surface area contributed by atoms with E-state index in [0.29, 0.717) is 0 Å². The molecule has 2 atom stereocenters. The molecule has 0 aliphatic carbocycles. The predicted octanol–water partition coefficient (Wildman–Crippen LogP) is 3.37. The molecule has 1 fully saturated rings. The zero-order valence-electron chi connectivity index (χ0n) is 10.6. The molecule has 0 aromatic heterocycles. The molecule has 4 heteroatoms.